The first-order valence-corrected chi connectivity index (χ1v) is 7.83. The number of rotatable bonds is 4. The molecule has 0 atom stereocenters. The Morgan fingerprint density at radius 3 is 2.46 bits per heavy atom. The zero-order valence-corrected chi connectivity index (χ0v) is 13.4. The Kier molecular flexibility index (Phi) is 3.78. The number of aromatic carboxylic acids is 1. The predicted molar refractivity (Wildman–Crippen MR) is 93.8 cm³/mol. The smallest absolute Gasteiger partial charge is 0.371 e. The number of furan rings is 2. The van der Waals surface area contributed by atoms with Gasteiger partial charge in [-0.2, -0.15) is 0 Å². The van der Waals surface area contributed by atoms with Crippen LogP contribution in [-0.2, 0) is 4.79 Å². The molecule has 0 unspecified atom stereocenters. The van der Waals surface area contributed by atoms with Crippen molar-refractivity contribution in [1.82, 2.24) is 5.32 Å². The maximum atomic E-state index is 12.6. The lowest BCUT2D eigenvalue weighted by atomic mass is 9.99. The summed E-state index contributed by atoms with van der Waals surface area (Å²) in [6.45, 7) is 0. The van der Waals surface area contributed by atoms with Crippen molar-refractivity contribution in [1.29, 1.82) is 0 Å². The van der Waals surface area contributed by atoms with Crippen LogP contribution in [0.2, 0.25) is 0 Å². The van der Waals surface area contributed by atoms with E-state index in [-0.39, 0.29) is 11.7 Å². The molecule has 2 N–H and O–H groups in total. The van der Waals surface area contributed by atoms with Crippen molar-refractivity contribution >= 4 is 29.1 Å². The molecule has 1 aliphatic heterocycles. The summed E-state index contributed by atoms with van der Waals surface area (Å²) in [6.07, 6.45) is 3.11. The lowest BCUT2D eigenvalue weighted by Gasteiger charge is -2.04. The van der Waals surface area contributed by atoms with Crippen LogP contribution in [0.3, 0.4) is 0 Å². The van der Waals surface area contributed by atoms with Crippen molar-refractivity contribution in [2.75, 3.05) is 0 Å². The summed E-state index contributed by atoms with van der Waals surface area (Å²) in [4.78, 5) is 23.6. The lowest BCUT2D eigenvalue weighted by Crippen LogP contribution is -2.15. The van der Waals surface area contributed by atoms with Gasteiger partial charge in [-0.1, -0.05) is 30.3 Å². The average Bonchev–Trinajstić information content (AvgIpc) is 3.36. The molecule has 0 saturated carbocycles. The van der Waals surface area contributed by atoms with Gasteiger partial charge in [-0.25, -0.2) is 4.79 Å². The largest absolute Gasteiger partial charge is 0.475 e. The van der Waals surface area contributed by atoms with E-state index in [9.17, 15) is 9.59 Å². The molecular formula is C20H13NO5. The van der Waals surface area contributed by atoms with Crippen LogP contribution in [-0.4, -0.2) is 17.0 Å². The van der Waals surface area contributed by atoms with Crippen molar-refractivity contribution in [2.45, 2.75) is 0 Å². The van der Waals surface area contributed by atoms with Gasteiger partial charge in [-0.05, 0) is 29.8 Å². The zero-order valence-electron chi connectivity index (χ0n) is 13.4. The van der Waals surface area contributed by atoms with Crippen molar-refractivity contribution in [3.8, 4) is 0 Å². The Bertz CT molecular complexity index is 1040. The highest BCUT2D eigenvalue weighted by Crippen LogP contribution is 2.37. The molecule has 1 aromatic carbocycles. The van der Waals surface area contributed by atoms with Crippen LogP contribution in [0.25, 0.3) is 17.2 Å². The molecule has 3 aromatic rings. The Labute approximate surface area is 148 Å². The molecule has 3 heterocycles. The number of benzene rings is 1. The highest BCUT2D eigenvalue weighted by molar-refractivity contribution is 6.34. The Hall–Kier alpha value is -3.80. The van der Waals surface area contributed by atoms with E-state index in [0.29, 0.717) is 28.4 Å². The topological polar surface area (TPSA) is 92.7 Å². The molecule has 0 bridgehead atoms. The minimum atomic E-state index is -1.16. The summed E-state index contributed by atoms with van der Waals surface area (Å²) >= 11 is 0. The summed E-state index contributed by atoms with van der Waals surface area (Å²) < 4.78 is 10.8. The predicted octanol–water partition coefficient (Wildman–Crippen LogP) is 3.65. The highest BCUT2D eigenvalue weighted by Gasteiger charge is 2.31. The van der Waals surface area contributed by atoms with Gasteiger partial charge in [0.2, 0.25) is 5.76 Å². The van der Waals surface area contributed by atoms with Crippen LogP contribution < -0.4 is 5.32 Å². The molecule has 0 radical (unpaired) electrons. The van der Waals surface area contributed by atoms with Crippen LogP contribution in [0.1, 0.15) is 27.6 Å². The normalized spacial score (nSPS) is 15.5. The van der Waals surface area contributed by atoms with Crippen molar-refractivity contribution in [2.24, 2.45) is 0 Å². The number of carboxylic acid groups (broad SMARTS) is 1. The van der Waals surface area contributed by atoms with Gasteiger partial charge in [0.15, 0.2) is 0 Å². The third-order valence-electron chi connectivity index (χ3n) is 3.95. The number of amides is 1. The first-order valence-electron chi connectivity index (χ1n) is 7.83. The lowest BCUT2D eigenvalue weighted by molar-refractivity contribution is -0.114. The molecule has 1 aliphatic rings. The van der Waals surface area contributed by atoms with Gasteiger partial charge in [-0.3, -0.25) is 4.79 Å². The van der Waals surface area contributed by atoms with Crippen LogP contribution >= 0.6 is 0 Å². The van der Waals surface area contributed by atoms with Gasteiger partial charge >= 0.3 is 5.97 Å². The summed E-state index contributed by atoms with van der Waals surface area (Å²) in [5.74, 6) is -0.752. The molecule has 1 amide bonds. The van der Waals surface area contributed by atoms with E-state index in [1.165, 1.54) is 18.4 Å². The summed E-state index contributed by atoms with van der Waals surface area (Å²) in [5.41, 5.74) is 2.32. The third kappa shape index (κ3) is 2.73. The molecule has 0 aliphatic carbocycles. The number of carbonyl (C=O) groups is 2. The first-order chi connectivity index (χ1) is 12.6. The van der Waals surface area contributed by atoms with E-state index in [1.807, 2.05) is 30.3 Å². The molecule has 6 nitrogen and oxygen atoms in total. The minimum Gasteiger partial charge on any atom is -0.475 e. The third-order valence-corrected chi connectivity index (χ3v) is 3.95. The van der Waals surface area contributed by atoms with Crippen molar-refractivity contribution in [3.05, 3.63) is 89.4 Å². The molecule has 0 spiro atoms. The molecule has 0 saturated heterocycles. The summed E-state index contributed by atoms with van der Waals surface area (Å²) in [5, 5.41) is 11.8. The van der Waals surface area contributed by atoms with Crippen LogP contribution in [0, 0.1) is 0 Å². The molecule has 6 heteroatoms. The fourth-order valence-corrected chi connectivity index (χ4v) is 2.85. The Balaban J connectivity index is 1.87. The van der Waals surface area contributed by atoms with Crippen LogP contribution in [0.15, 0.2) is 75.4 Å². The standard InChI is InChI=1S/C20H13NO5/c22-19-17(12-5-2-1-3-6-12)18(15-7-4-10-25-15)14(21-19)11-13-8-9-16(26-13)20(23)24/h1-11H,(H,21,22)(H,23,24)/b14-11-. The summed E-state index contributed by atoms with van der Waals surface area (Å²) in [7, 11) is 0. The quantitative estimate of drug-likeness (QED) is 0.751. The van der Waals surface area contributed by atoms with Crippen LogP contribution in [0.4, 0.5) is 0 Å². The molecule has 128 valence electrons. The monoisotopic (exact) mass is 347 g/mol. The number of allylic oxidation sites excluding steroid dienone is 1. The zero-order chi connectivity index (χ0) is 18.1. The van der Waals surface area contributed by atoms with E-state index in [4.69, 9.17) is 13.9 Å². The SMILES string of the molecule is O=C1N/C(=C\c2ccc(C(=O)O)o2)C(c2ccco2)=C1c1ccccc1. The molecule has 26 heavy (non-hydrogen) atoms. The maximum absolute atomic E-state index is 12.6. The van der Waals surface area contributed by atoms with E-state index < -0.39 is 5.97 Å². The number of carbonyl (C=O) groups excluding carboxylic acids is 1. The molecule has 4 rings (SSSR count). The van der Waals surface area contributed by atoms with Gasteiger partial charge < -0.3 is 19.3 Å². The second-order valence-corrected chi connectivity index (χ2v) is 5.61. The van der Waals surface area contributed by atoms with E-state index in [1.54, 1.807) is 18.2 Å². The van der Waals surface area contributed by atoms with Gasteiger partial charge in [0.25, 0.3) is 5.91 Å². The fourth-order valence-electron chi connectivity index (χ4n) is 2.85. The second-order valence-electron chi connectivity index (χ2n) is 5.61. The Morgan fingerprint density at radius 1 is 1.00 bits per heavy atom. The number of hydrogen-bond donors (Lipinski definition) is 2. The fraction of sp³-hybridized carbons (Fsp3) is 0. The molecule has 0 fully saturated rings. The second kappa shape index (κ2) is 6.25. The van der Waals surface area contributed by atoms with Gasteiger partial charge in [0.1, 0.15) is 11.5 Å². The Morgan fingerprint density at radius 2 is 1.81 bits per heavy atom. The van der Waals surface area contributed by atoms with Gasteiger partial charge in [0.05, 0.1) is 23.1 Å². The number of carboxylic acids is 1. The average molecular weight is 347 g/mol. The van der Waals surface area contributed by atoms with Crippen molar-refractivity contribution < 1.29 is 23.5 Å². The van der Waals surface area contributed by atoms with E-state index >= 15 is 0 Å². The highest BCUT2D eigenvalue weighted by atomic mass is 16.4. The maximum Gasteiger partial charge on any atom is 0.371 e. The minimum absolute atomic E-state index is 0.173. The summed E-state index contributed by atoms with van der Waals surface area (Å²) in [6, 6.07) is 15.6. The van der Waals surface area contributed by atoms with Crippen LogP contribution in [0.5, 0.6) is 0 Å². The van der Waals surface area contributed by atoms with E-state index in [0.717, 1.165) is 5.56 Å². The molecular weight excluding hydrogens is 334 g/mol. The van der Waals surface area contributed by atoms with E-state index in [2.05, 4.69) is 5.32 Å². The van der Waals surface area contributed by atoms with Crippen molar-refractivity contribution in [3.63, 3.8) is 0 Å². The van der Waals surface area contributed by atoms with Gasteiger partial charge in [-0.15, -0.1) is 0 Å². The first kappa shape index (κ1) is 15.7. The number of nitrogens with one attached hydrogen (secondary N) is 1. The molecule has 2 aromatic heterocycles. The van der Waals surface area contributed by atoms with Gasteiger partial charge in [0, 0.05) is 6.08 Å². The number of hydrogen-bond acceptors (Lipinski definition) is 4.